The lowest BCUT2D eigenvalue weighted by Crippen LogP contribution is -2.16. The minimum atomic E-state index is -0.144. The summed E-state index contributed by atoms with van der Waals surface area (Å²) >= 11 is 1.27. The number of benzene rings is 3. The molecular formula is C29H25N3O2S. The van der Waals surface area contributed by atoms with Gasteiger partial charge in [-0.3, -0.25) is 4.79 Å². The monoisotopic (exact) mass is 479 g/mol. The Hall–Kier alpha value is -4.08. The number of nitriles is 1. The average Bonchev–Trinajstić information content (AvgIpc) is 2.89. The second-order valence-corrected chi connectivity index (χ2v) is 9.01. The standard InChI is InChI=1S/C29H25N3O2S/c1-19-8-7-9-20(2)28(19)32-27(33)18-35-29-25(17-30)24(21-12-14-23(34-3)15-13-21)16-26(31-29)22-10-5-4-6-11-22/h4-16H,18H2,1-3H3,(H,32,33). The fourth-order valence-corrected chi connectivity index (χ4v) is 4.61. The summed E-state index contributed by atoms with van der Waals surface area (Å²) in [4.78, 5) is 17.6. The number of carbonyl (C=O) groups is 1. The topological polar surface area (TPSA) is 75.0 Å². The molecule has 0 saturated heterocycles. The van der Waals surface area contributed by atoms with Crippen molar-refractivity contribution in [1.29, 1.82) is 5.26 Å². The van der Waals surface area contributed by atoms with Crippen molar-refractivity contribution in [1.82, 2.24) is 4.98 Å². The quantitative estimate of drug-likeness (QED) is 0.301. The van der Waals surface area contributed by atoms with E-state index in [1.807, 2.05) is 92.7 Å². The maximum atomic E-state index is 12.8. The van der Waals surface area contributed by atoms with E-state index in [9.17, 15) is 10.1 Å². The molecule has 1 N–H and O–H groups in total. The van der Waals surface area contributed by atoms with Gasteiger partial charge < -0.3 is 10.1 Å². The smallest absolute Gasteiger partial charge is 0.234 e. The first-order chi connectivity index (χ1) is 17.0. The number of aryl methyl sites for hydroxylation is 2. The van der Waals surface area contributed by atoms with Crippen LogP contribution >= 0.6 is 11.8 Å². The van der Waals surface area contributed by atoms with Crippen molar-refractivity contribution in [2.75, 3.05) is 18.2 Å². The molecule has 6 heteroatoms. The van der Waals surface area contributed by atoms with Crippen molar-refractivity contribution in [3.8, 4) is 34.2 Å². The lowest BCUT2D eigenvalue weighted by Gasteiger charge is -2.14. The van der Waals surface area contributed by atoms with Crippen LogP contribution in [0.1, 0.15) is 16.7 Å². The summed E-state index contributed by atoms with van der Waals surface area (Å²) in [7, 11) is 1.62. The van der Waals surface area contributed by atoms with Gasteiger partial charge in [-0.2, -0.15) is 5.26 Å². The van der Waals surface area contributed by atoms with Crippen LogP contribution in [0.4, 0.5) is 5.69 Å². The molecule has 5 nitrogen and oxygen atoms in total. The molecule has 1 aromatic heterocycles. The van der Waals surface area contributed by atoms with Crippen molar-refractivity contribution in [2.24, 2.45) is 0 Å². The summed E-state index contributed by atoms with van der Waals surface area (Å²) in [6.07, 6.45) is 0. The molecule has 0 saturated carbocycles. The Kier molecular flexibility index (Phi) is 7.49. The molecule has 0 radical (unpaired) electrons. The number of methoxy groups -OCH3 is 1. The molecule has 0 atom stereocenters. The van der Waals surface area contributed by atoms with Crippen LogP contribution in [-0.2, 0) is 4.79 Å². The van der Waals surface area contributed by atoms with Crippen molar-refractivity contribution in [3.63, 3.8) is 0 Å². The zero-order valence-electron chi connectivity index (χ0n) is 19.8. The Morgan fingerprint density at radius 2 is 1.66 bits per heavy atom. The number of aromatic nitrogens is 1. The number of hydrogen-bond acceptors (Lipinski definition) is 5. The number of anilines is 1. The van der Waals surface area contributed by atoms with E-state index in [1.165, 1.54) is 11.8 Å². The van der Waals surface area contributed by atoms with Crippen LogP contribution in [0.2, 0.25) is 0 Å². The van der Waals surface area contributed by atoms with Crippen LogP contribution in [0.15, 0.2) is 83.9 Å². The first-order valence-electron chi connectivity index (χ1n) is 11.1. The van der Waals surface area contributed by atoms with Gasteiger partial charge in [0, 0.05) is 16.8 Å². The Balaban J connectivity index is 1.69. The first kappa shape index (κ1) is 24.1. The Morgan fingerprint density at radius 1 is 0.971 bits per heavy atom. The predicted molar refractivity (Wildman–Crippen MR) is 142 cm³/mol. The number of ether oxygens (including phenoxy) is 1. The number of pyridine rings is 1. The third-order valence-corrected chi connectivity index (χ3v) is 6.63. The Labute approximate surface area is 209 Å². The van der Waals surface area contributed by atoms with Crippen molar-refractivity contribution in [3.05, 3.63) is 95.6 Å². The fourth-order valence-electron chi connectivity index (χ4n) is 3.81. The molecule has 4 aromatic rings. The van der Waals surface area contributed by atoms with Crippen molar-refractivity contribution < 1.29 is 9.53 Å². The van der Waals surface area contributed by atoms with Crippen LogP contribution in [-0.4, -0.2) is 23.8 Å². The Morgan fingerprint density at radius 3 is 2.29 bits per heavy atom. The van der Waals surface area contributed by atoms with E-state index >= 15 is 0 Å². The molecule has 0 aliphatic rings. The maximum Gasteiger partial charge on any atom is 0.234 e. The molecule has 0 aliphatic carbocycles. The van der Waals surface area contributed by atoms with Gasteiger partial charge in [0.25, 0.3) is 0 Å². The number of nitrogens with zero attached hydrogens (tertiary/aromatic N) is 2. The maximum absolute atomic E-state index is 12.8. The summed E-state index contributed by atoms with van der Waals surface area (Å²) in [5.41, 5.74) is 6.61. The third kappa shape index (κ3) is 5.53. The van der Waals surface area contributed by atoms with E-state index in [1.54, 1.807) is 7.11 Å². The van der Waals surface area contributed by atoms with Crippen LogP contribution < -0.4 is 10.1 Å². The summed E-state index contributed by atoms with van der Waals surface area (Å²) in [6, 6.07) is 27.5. The molecule has 0 spiro atoms. The molecule has 0 bridgehead atoms. The minimum absolute atomic E-state index is 0.135. The number of nitrogens with one attached hydrogen (secondary N) is 1. The molecule has 0 aliphatic heterocycles. The summed E-state index contributed by atoms with van der Waals surface area (Å²) in [5.74, 6) is 0.729. The van der Waals surface area contributed by atoms with Gasteiger partial charge in [0.2, 0.25) is 5.91 Å². The van der Waals surface area contributed by atoms with E-state index in [0.717, 1.165) is 44.9 Å². The van der Waals surface area contributed by atoms with Crippen LogP contribution in [0.3, 0.4) is 0 Å². The van der Waals surface area contributed by atoms with E-state index in [2.05, 4.69) is 11.4 Å². The van der Waals surface area contributed by atoms with Crippen LogP contribution in [0.5, 0.6) is 5.75 Å². The third-order valence-electron chi connectivity index (χ3n) is 5.65. The number of rotatable bonds is 7. The zero-order valence-corrected chi connectivity index (χ0v) is 20.6. The van der Waals surface area contributed by atoms with Crippen molar-refractivity contribution in [2.45, 2.75) is 18.9 Å². The molecule has 1 amide bonds. The molecule has 3 aromatic carbocycles. The normalized spacial score (nSPS) is 10.5. The van der Waals surface area contributed by atoms with Gasteiger partial charge in [0.05, 0.1) is 24.1 Å². The van der Waals surface area contributed by atoms with E-state index in [-0.39, 0.29) is 11.7 Å². The molecule has 0 fully saturated rings. The van der Waals surface area contributed by atoms with Gasteiger partial charge in [0.15, 0.2) is 0 Å². The van der Waals surface area contributed by atoms with Crippen LogP contribution in [0, 0.1) is 25.2 Å². The number of carbonyl (C=O) groups excluding carboxylic acids is 1. The molecule has 174 valence electrons. The van der Waals surface area contributed by atoms with Crippen molar-refractivity contribution >= 4 is 23.4 Å². The van der Waals surface area contributed by atoms with Gasteiger partial charge in [0.1, 0.15) is 16.8 Å². The second kappa shape index (κ2) is 10.9. The molecule has 0 unspecified atom stereocenters. The predicted octanol–water partition coefficient (Wildman–Crippen LogP) is 6.64. The number of para-hydroxylation sites is 1. The lowest BCUT2D eigenvalue weighted by atomic mass is 9.99. The van der Waals surface area contributed by atoms with Gasteiger partial charge in [-0.15, -0.1) is 0 Å². The highest BCUT2D eigenvalue weighted by Gasteiger charge is 2.17. The van der Waals surface area contributed by atoms with E-state index < -0.39 is 0 Å². The van der Waals surface area contributed by atoms with Gasteiger partial charge >= 0.3 is 0 Å². The van der Waals surface area contributed by atoms with Gasteiger partial charge in [-0.1, -0.05) is 72.4 Å². The van der Waals surface area contributed by atoms with Crippen LogP contribution in [0.25, 0.3) is 22.4 Å². The largest absolute Gasteiger partial charge is 0.497 e. The molecule has 4 rings (SSSR count). The van der Waals surface area contributed by atoms with Gasteiger partial charge in [-0.25, -0.2) is 4.98 Å². The first-order valence-corrected chi connectivity index (χ1v) is 12.1. The fraction of sp³-hybridized carbons (Fsp3) is 0.138. The SMILES string of the molecule is COc1ccc(-c2cc(-c3ccccc3)nc(SCC(=O)Nc3c(C)cccc3C)c2C#N)cc1. The summed E-state index contributed by atoms with van der Waals surface area (Å²) in [6.45, 7) is 3.94. The Bertz CT molecular complexity index is 1370. The van der Waals surface area contributed by atoms with Gasteiger partial charge in [-0.05, 0) is 48.7 Å². The lowest BCUT2D eigenvalue weighted by molar-refractivity contribution is -0.113. The highest BCUT2D eigenvalue weighted by Crippen LogP contribution is 2.35. The second-order valence-electron chi connectivity index (χ2n) is 8.05. The number of hydrogen-bond donors (Lipinski definition) is 1. The zero-order chi connectivity index (χ0) is 24.8. The highest BCUT2D eigenvalue weighted by molar-refractivity contribution is 8.00. The molecule has 1 heterocycles. The number of amides is 1. The van der Waals surface area contributed by atoms with E-state index in [0.29, 0.717) is 10.6 Å². The van der Waals surface area contributed by atoms with E-state index in [4.69, 9.17) is 9.72 Å². The highest BCUT2D eigenvalue weighted by atomic mass is 32.2. The molecular weight excluding hydrogens is 454 g/mol. The number of thioether (sulfide) groups is 1. The summed E-state index contributed by atoms with van der Waals surface area (Å²) in [5, 5.41) is 13.6. The minimum Gasteiger partial charge on any atom is -0.497 e. The summed E-state index contributed by atoms with van der Waals surface area (Å²) < 4.78 is 5.28. The molecule has 35 heavy (non-hydrogen) atoms. The average molecular weight is 480 g/mol.